The molecule has 0 aliphatic carbocycles. The van der Waals surface area contributed by atoms with Gasteiger partial charge in [0.15, 0.2) is 0 Å². The number of amides is 10. The number of nitrogens with two attached hydrogens (primary N) is 1. The number of aromatic amines is 2. The lowest BCUT2D eigenvalue weighted by Crippen LogP contribution is -2.61. The number of hydrogen-bond acceptors (Lipinski definition) is 18. The minimum Gasteiger partial charge on any atom is -0.550 e. The zero-order valence-electron chi connectivity index (χ0n) is 57.3. The van der Waals surface area contributed by atoms with Gasteiger partial charge in [-0.3, -0.25) is 47.9 Å². The Bertz CT molecular complexity index is 3390. The van der Waals surface area contributed by atoms with Gasteiger partial charge < -0.3 is 88.8 Å². The van der Waals surface area contributed by atoms with E-state index in [0.717, 1.165) is 41.1 Å². The number of imidazole rings is 1. The van der Waals surface area contributed by atoms with E-state index < -0.39 is 126 Å². The number of nitrogens with zero attached hydrogens (tertiary/aromatic N) is 2. The number of aliphatic carboxylic acids is 1. The van der Waals surface area contributed by atoms with Gasteiger partial charge >= 0.3 is 0 Å². The molecular weight excluding hydrogens is 1310 g/mol. The number of hydrogen-bond donors (Lipinski definition) is 13. The lowest BCUT2D eigenvalue weighted by Gasteiger charge is -2.29. The summed E-state index contributed by atoms with van der Waals surface area (Å²) in [4.78, 5) is 173. The molecular formula is C68H99N15O14S2. The molecule has 16 N–H and O–H groups in total. The van der Waals surface area contributed by atoms with Gasteiger partial charge in [0.05, 0.1) is 19.5 Å². The number of benzene rings is 2. The molecule has 2 aromatic heterocycles. The molecule has 29 nitrogen and oxygen atoms in total. The van der Waals surface area contributed by atoms with Crippen molar-refractivity contribution in [2.45, 2.75) is 197 Å². The molecule has 0 spiro atoms. The number of nitrogens with one attached hydrogen (secondary N) is 11. The van der Waals surface area contributed by atoms with Crippen LogP contribution in [0.25, 0.3) is 10.9 Å². The Balaban J connectivity index is 1.44. The number of para-hydroxylation sites is 1. The molecule has 0 radical (unpaired) electrons. The summed E-state index contributed by atoms with van der Waals surface area (Å²) in [6.45, 7) is 11.9. The van der Waals surface area contributed by atoms with Crippen LogP contribution in [0.2, 0.25) is 0 Å². The summed E-state index contributed by atoms with van der Waals surface area (Å²) in [6.07, 6.45) is 8.42. The van der Waals surface area contributed by atoms with Crippen LogP contribution in [0.5, 0.6) is 5.75 Å². The molecule has 0 saturated carbocycles. The van der Waals surface area contributed by atoms with Gasteiger partial charge in [-0.2, -0.15) is 23.5 Å². The number of H-pyrrole nitrogens is 2. The fourth-order valence-corrected chi connectivity index (χ4v) is 13.2. The van der Waals surface area contributed by atoms with Crippen LogP contribution < -0.4 is 69.2 Å². The third-order valence-electron chi connectivity index (χ3n) is 16.7. The molecule has 10 amide bonds. The SMILES string of the molecule is CCC(C)C[C@@H]1NC(=O)[C@H](CC(=O)[O-])NC(=O)[C@H](CC(C)C)NC(=O)[C@H](CCCC[NH3+])NC(=O)[C@@H]2CSCc3cc(cc(c3)OCCCCCCO/N=C/C(=O)N[C@@H](Cc3cnc[nH]3)C(=O)N2)CSC[C@@H](C(N)=O)NC(=O)[C@H](CC(C)C)NC(=O)[C@H](Cc2c[nH]c3ccccc23)NC1=O. The van der Waals surface area contributed by atoms with Crippen molar-refractivity contribution in [2.24, 2.45) is 28.6 Å². The maximum atomic E-state index is 15.0. The van der Waals surface area contributed by atoms with E-state index in [1.807, 2.05) is 64.1 Å². The van der Waals surface area contributed by atoms with Gasteiger partial charge in [0.2, 0.25) is 53.2 Å². The normalized spacial score (nSPS) is 24.0. The second-order valence-corrected chi connectivity index (χ2v) is 28.1. The van der Waals surface area contributed by atoms with Crippen LogP contribution in [0.4, 0.5) is 0 Å². The van der Waals surface area contributed by atoms with Crippen molar-refractivity contribution in [3.05, 3.63) is 83.6 Å². The number of carbonyl (C=O) groups is 11. The lowest BCUT2D eigenvalue weighted by molar-refractivity contribution is -0.368. The number of fused-ring (bicyclic) bond motifs is 6. The van der Waals surface area contributed by atoms with Crippen molar-refractivity contribution in [3.63, 3.8) is 0 Å². The number of carboxylic acid groups (broad SMARTS) is 1. The number of oxime groups is 1. The molecule has 4 aromatic rings. The van der Waals surface area contributed by atoms with Crippen molar-refractivity contribution in [2.75, 3.05) is 31.3 Å². The van der Waals surface area contributed by atoms with E-state index in [0.29, 0.717) is 62.3 Å². The average Bonchev–Trinajstić information content (AvgIpc) is 1.72. The average molecular weight is 1410 g/mol. The Hall–Kier alpha value is -8.71. The Morgan fingerprint density at radius 3 is 1.83 bits per heavy atom. The highest BCUT2D eigenvalue weighted by atomic mass is 32.2. The van der Waals surface area contributed by atoms with E-state index >= 15 is 0 Å². The van der Waals surface area contributed by atoms with Crippen LogP contribution in [-0.2, 0) is 81.9 Å². The molecule has 2 aliphatic rings. The van der Waals surface area contributed by atoms with Crippen molar-refractivity contribution < 1.29 is 73.2 Å². The van der Waals surface area contributed by atoms with Gasteiger partial charge in [-0.25, -0.2) is 4.98 Å². The van der Waals surface area contributed by atoms with Gasteiger partial charge in [-0.15, -0.1) is 0 Å². The lowest BCUT2D eigenvalue weighted by atomic mass is 9.97. The number of carbonyl (C=O) groups excluding carboxylic acids is 11. The van der Waals surface area contributed by atoms with E-state index in [2.05, 4.69) is 73.7 Å². The molecule has 10 atom stereocenters. The predicted molar refractivity (Wildman–Crippen MR) is 372 cm³/mol. The third-order valence-corrected chi connectivity index (χ3v) is 18.9. The standard InChI is InChI=1S/C68H99N15O14S2/c1-7-41(6)24-52-64(91)80-53(28-44-31-72-48-17-11-10-16-47(44)48)65(92)78-51(23-40(4)5)63(90)82-56(60(70)87)36-98-34-42-25-43-27-46(26-42)96-20-14-8-9-15-21-97-74-33-58(84)75-54(29-45-32-71-38-73-45)66(93)83-57(37-99-35-43)68(95)76-49(18-12-13-19-69)61(88)77-50(22-39(2)3)62(89)81-55(30-59(85)86)67(94)79-52/h10-11,16-17,25-27,31-33,38-41,49-57,72H,7-9,12-15,18-24,28-30,34-37,69H2,1-6H3,(H2,70,87)(H,71,73)(H,75,84)(H,76,95)(H,77,88)(H,78,92)(H,79,94)(H,80,91)(H,81,89)(H,82,90)(H,83,93)(H,85,86)/b74-33+/t41?,49-,50-,51-,52-,53-,54-,55-,56-,57-/m0/s1. The molecule has 99 heavy (non-hydrogen) atoms. The largest absolute Gasteiger partial charge is 0.550 e. The molecule has 1 unspecified atom stereocenters. The Morgan fingerprint density at radius 1 is 0.636 bits per heavy atom. The van der Waals surface area contributed by atoms with Crippen LogP contribution in [0, 0.1) is 17.8 Å². The number of quaternary nitrogens is 1. The first-order valence-electron chi connectivity index (χ1n) is 34.0. The molecule has 4 bridgehead atoms. The van der Waals surface area contributed by atoms with Gasteiger partial charge in [0, 0.05) is 77.2 Å². The molecule has 2 aromatic carbocycles. The number of primary amides is 1. The highest BCUT2D eigenvalue weighted by molar-refractivity contribution is 7.98. The molecule has 0 fully saturated rings. The molecule has 6 rings (SSSR count). The van der Waals surface area contributed by atoms with E-state index in [-0.39, 0.29) is 85.9 Å². The fraction of sp³-hybridized carbons (Fsp3) is 0.574. The van der Waals surface area contributed by atoms with Gasteiger partial charge in [0.1, 0.15) is 72.9 Å². The first kappa shape index (κ1) is 79.3. The first-order valence-corrected chi connectivity index (χ1v) is 36.3. The number of unbranched alkanes of at least 4 members (excludes halogenated alkanes) is 1. The maximum Gasteiger partial charge on any atom is 0.266 e. The second kappa shape index (κ2) is 41.0. The quantitative estimate of drug-likeness (QED) is 0.0611. The Labute approximate surface area is 585 Å². The zero-order valence-corrected chi connectivity index (χ0v) is 59.0. The van der Waals surface area contributed by atoms with Gasteiger partial charge in [-0.05, 0) is 117 Å². The molecule has 0 saturated heterocycles. The summed E-state index contributed by atoms with van der Waals surface area (Å²) in [7, 11) is 0. The minimum absolute atomic E-state index is 0.00525. The minimum atomic E-state index is -1.90. The summed E-state index contributed by atoms with van der Waals surface area (Å²) in [5.41, 5.74) is 13.2. The number of thioether (sulfide) groups is 2. The second-order valence-electron chi connectivity index (χ2n) is 26.1. The molecule has 2 aliphatic heterocycles. The topological polar surface area (TPSA) is 448 Å². The van der Waals surface area contributed by atoms with E-state index in [1.165, 1.54) is 36.0 Å². The Kier molecular flexibility index (Phi) is 32.8. The van der Waals surface area contributed by atoms with Crippen molar-refractivity contribution >= 4 is 106 Å². The van der Waals surface area contributed by atoms with E-state index in [4.69, 9.17) is 15.3 Å². The summed E-state index contributed by atoms with van der Waals surface area (Å²) < 4.78 is 6.33. The predicted octanol–water partition coefficient (Wildman–Crippen LogP) is 0.741. The van der Waals surface area contributed by atoms with Crippen LogP contribution >= 0.6 is 23.5 Å². The van der Waals surface area contributed by atoms with Crippen LogP contribution in [-0.4, -0.2) is 172 Å². The van der Waals surface area contributed by atoms with E-state index in [1.54, 1.807) is 26.1 Å². The highest BCUT2D eigenvalue weighted by Gasteiger charge is 2.37. The zero-order chi connectivity index (χ0) is 72.0. The van der Waals surface area contributed by atoms with Crippen molar-refractivity contribution in [1.29, 1.82) is 0 Å². The number of aromatic nitrogens is 3. The first-order chi connectivity index (χ1) is 47.4. The third kappa shape index (κ3) is 27.2. The molecule has 31 heteroatoms. The van der Waals surface area contributed by atoms with Crippen molar-refractivity contribution in [1.82, 2.24) is 62.8 Å². The maximum absolute atomic E-state index is 15.0. The fourth-order valence-electron chi connectivity index (χ4n) is 11.2. The number of carboxylic acids is 1. The number of ether oxygens (including phenoxy) is 1. The van der Waals surface area contributed by atoms with Gasteiger partial charge in [-0.1, -0.05) is 77.4 Å². The van der Waals surface area contributed by atoms with Crippen LogP contribution in [0.15, 0.2) is 66.3 Å². The van der Waals surface area contributed by atoms with Crippen molar-refractivity contribution in [3.8, 4) is 5.75 Å². The van der Waals surface area contributed by atoms with Crippen LogP contribution in [0.1, 0.15) is 141 Å². The molecule has 542 valence electrons. The summed E-state index contributed by atoms with van der Waals surface area (Å²) in [5, 5.41) is 41.6. The molecule has 4 heterocycles. The number of rotatable bonds is 18. The highest BCUT2D eigenvalue weighted by Crippen LogP contribution is 2.27. The monoisotopic (exact) mass is 1410 g/mol. The summed E-state index contributed by atoms with van der Waals surface area (Å²) >= 11 is 2.55. The van der Waals surface area contributed by atoms with Gasteiger partial charge in [0.25, 0.3) is 5.91 Å². The van der Waals surface area contributed by atoms with E-state index in [9.17, 15) is 57.8 Å². The summed E-state index contributed by atoms with van der Waals surface area (Å²) in [5.74, 6) is -10.1. The smallest absolute Gasteiger partial charge is 0.266 e. The van der Waals surface area contributed by atoms with Crippen LogP contribution in [0.3, 0.4) is 0 Å². The summed E-state index contributed by atoms with van der Waals surface area (Å²) in [6, 6.07) is 0.142. The Morgan fingerprint density at radius 2 is 1.20 bits per heavy atom.